The summed E-state index contributed by atoms with van der Waals surface area (Å²) in [5.41, 5.74) is -0.884. The lowest BCUT2D eigenvalue weighted by atomic mass is 9.85. The van der Waals surface area contributed by atoms with Gasteiger partial charge in [-0.15, -0.1) is 0 Å². The molecule has 0 radical (unpaired) electrons. The maximum absolute atomic E-state index is 10.8. The van der Waals surface area contributed by atoms with Gasteiger partial charge < -0.3 is 27.9 Å². The molecule has 0 unspecified atom stereocenters. The van der Waals surface area contributed by atoms with Crippen molar-refractivity contribution in [1.82, 2.24) is 0 Å². The molecule has 2 heterocycles. The molecule has 4 N–H and O–H groups in total. The van der Waals surface area contributed by atoms with Gasteiger partial charge in [-0.3, -0.25) is 0 Å². The van der Waals surface area contributed by atoms with E-state index in [9.17, 15) is 9.90 Å². The maximum Gasteiger partial charge on any atom is 0.368 e. The Balaban J connectivity index is 0.000000720. The molecular formula is C7H12ClNO3. The van der Waals surface area contributed by atoms with Gasteiger partial charge in [0.05, 0.1) is 6.04 Å². The molecule has 0 aromatic carbocycles. The summed E-state index contributed by atoms with van der Waals surface area (Å²) in [7, 11) is 0. The lowest BCUT2D eigenvalue weighted by Crippen LogP contribution is -3.00. The summed E-state index contributed by atoms with van der Waals surface area (Å²) in [6.07, 6.45) is 1.56. The minimum Gasteiger partial charge on any atom is -1.00 e. The lowest BCUT2D eigenvalue weighted by Gasteiger charge is -2.20. The van der Waals surface area contributed by atoms with Gasteiger partial charge in [0.2, 0.25) is 5.54 Å². The molecule has 12 heavy (non-hydrogen) atoms. The van der Waals surface area contributed by atoms with Crippen LogP contribution in [-0.4, -0.2) is 33.9 Å². The van der Waals surface area contributed by atoms with Crippen molar-refractivity contribution >= 4 is 5.97 Å². The number of carbonyl (C=O) groups is 1. The van der Waals surface area contributed by atoms with E-state index in [-0.39, 0.29) is 12.4 Å². The van der Waals surface area contributed by atoms with Gasteiger partial charge in [0.1, 0.15) is 6.10 Å². The van der Waals surface area contributed by atoms with E-state index in [0.29, 0.717) is 18.9 Å². The van der Waals surface area contributed by atoms with E-state index in [1.807, 2.05) is 5.32 Å². The molecule has 0 saturated carbocycles. The van der Waals surface area contributed by atoms with Crippen molar-refractivity contribution in [2.24, 2.45) is 0 Å². The van der Waals surface area contributed by atoms with Gasteiger partial charge in [-0.05, 0) is 0 Å². The highest BCUT2D eigenvalue weighted by molar-refractivity contribution is 5.78. The molecule has 70 valence electrons. The van der Waals surface area contributed by atoms with Crippen LogP contribution in [0.5, 0.6) is 0 Å². The van der Waals surface area contributed by atoms with Crippen LogP contribution in [0.3, 0.4) is 0 Å². The monoisotopic (exact) mass is 193 g/mol. The molecule has 2 saturated heterocycles. The predicted octanol–water partition coefficient (Wildman–Crippen LogP) is -4.70. The highest BCUT2D eigenvalue weighted by Crippen LogP contribution is 2.31. The topological polar surface area (TPSA) is 74.1 Å². The Morgan fingerprint density at radius 2 is 2.25 bits per heavy atom. The summed E-state index contributed by atoms with van der Waals surface area (Å²) >= 11 is 0. The number of aliphatic hydroxyl groups excluding tert-OH is 1. The molecule has 5 heteroatoms. The zero-order valence-corrected chi connectivity index (χ0v) is 7.29. The number of quaternary nitrogens is 1. The summed E-state index contributed by atoms with van der Waals surface area (Å²) in [6.45, 7) is 0. The van der Waals surface area contributed by atoms with E-state index in [1.54, 1.807) is 0 Å². The van der Waals surface area contributed by atoms with Crippen molar-refractivity contribution in [3.63, 3.8) is 0 Å². The Morgan fingerprint density at radius 3 is 2.50 bits per heavy atom. The van der Waals surface area contributed by atoms with Gasteiger partial charge in [-0.1, -0.05) is 0 Å². The minimum atomic E-state index is -0.884. The van der Waals surface area contributed by atoms with Crippen LogP contribution >= 0.6 is 0 Å². The first-order chi connectivity index (χ1) is 5.15. The van der Waals surface area contributed by atoms with E-state index in [0.717, 1.165) is 6.42 Å². The highest BCUT2D eigenvalue weighted by Gasteiger charge is 2.61. The SMILES string of the molecule is O=C(O)[C@]12CC[C@H](C[C@@H]1O)[NH2+]2.[Cl-]. The molecule has 0 aromatic rings. The van der Waals surface area contributed by atoms with Crippen LogP contribution in [0.2, 0.25) is 0 Å². The fourth-order valence-electron chi connectivity index (χ4n) is 2.29. The van der Waals surface area contributed by atoms with E-state index in [4.69, 9.17) is 5.11 Å². The average molecular weight is 194 g/mol. The molecule has 0 amide bonds. The molecule has 2 bridgehead atoms. The molecule has 3 atom stereocenters. The van der Waals surface area contributed by atoms with Crippen LogP contribution in [0.15, 0.2) is 0 Å². The molecule has 2 fully saturated rings. The quantitative estimate of drug-likeness (QED) is 0.392. The van der Waals surface area contributed by atoms with Crippen molar-refractivity contribution in [1.29, 1.82) is 0 Å². The standard InChI is InChI=1S/C7H11NO3.ClH/c9-5-3-4-1-2-7(5,8-4)6(10)11;/h4-5,8-9H,1-3H2,(H,10,11);1H/t4-,5+,7+;/m1./s1. The number of aliphatic carboxylic acids is 1. The van der Waals surface area contributed by atoms with E-state index >= 15 is 0 Å². The van der Waals surface area contributed by atoms with Crippen LogP contribution in [0, 0.1) is 0 Å². The van der Waals surface area contributed by atoms with Crippen LogP contribution in [0.25, 0.3) is 0 Å². The molecule has 4 nitrogen and oxygen atoms in total. The molecule has 2 aliphatic rings. The summed E-state index contributed by atoms with van der Waals surface area (Å²) in [5, 5.41) is 20.1. The number of carboxylic acids is 1. The molecule has 2 aliphatic heterocycles. The first-order valence-electron chi connectivity index (χ1n) is 3.92. The molecule has 0 aromatic heterocycles. The third kappa shape index (κ3) is 1.02. The van der Waals surface area contributed by atoms with Gasteiger partial charge in [0.25, 0.3) is 0 Å². The Kier molecular flexibility index (Phi) is 2.33. The van der Waals surface area contributed by atoms with E-state index in [2.05, 4.69) is 0 Å². The maximum atomic E-state index is 10.8. The average Bonchev–Trinajstić information content (AvgIpc) is 2.43. The van der Waals surface area contributed by atoms with Crippen molar-refractivity contribution in [2.75, 3.05) is 0 Å². The normalized spacial score (nSPS) is 44.1. The molecule has 0 spiro atoms. The first-order valence-corrected chi connectivity index (χ1v) is 3.92. The molecular weight excluding hydrogens is 182 g/mol. The number of nitrogens with two attached hydrogens (primary N) is 1. The minimum absolute atomic E-state index is 0. The van der Waals surface area contributed by atoms with Gasteiger partial charge in [-0.2, -0.15) is 0 Å². The van der Waals surface area contributed by atoms with Gasteiger partial charge in [-0.25, -0.2) is 4.79 Å². The van der Waals surface area contributed by atoms with Crippen molar-refractivity contribution in [2.45, 2.75) is 36.9 Å². The lowest BCUT2D eigenvalue weighted by molar-refractivity contribution is -0.707. The Morgan fingerprint density at radius 1 is 1.58 bits per heavy atom. The third-order valence-corrected chi connectivity index (χ3v) is 2.98. The van der Waals surface area contributed by atoms with Crippen molar-refractivity contribution < 1.29 is 32.7 Å². The summed E-state index contributed by atoms with van der Waals surface area (Å²) in [5.74, 6) is -0.856. The predicted molar refractivity (Wildman–Crippen MR) is 35.9 cm³/mol. The fraction of sp³-hybridized carbons (Fsp3) is 0.857. The zero-order chi connectivity index (χ0) is 8.06. The van der Waals surface area contributed by atoms with Gasteiger partial charge >= 0.3 is 5.97 Å². The fourth-order valence-corrected chi connectivity index (χ4v) is 2.29. The van der Waals surface area contributed by atoms with Crippen LogP contribution in [0.1, 0.15) is 19.3 Å². The second-order valence-corrected chi connectivity index (χ2v) is 3.56. The number of hydrogen-bond donors (Lipinski definition) is 3. The first kappa shape index (κ1) is 9.77. The Labute approximate surface area is 76.4 Å². The Hall–Kier alpha value is -0.320. The van der Waals surface area contributed by atoms with Crippen molar-refractivity contribution in [3.8, 4) is 0 Å². The van der Waals surface area contributed by atoms with Crippen LogP contribution in [-0.2, 0) is 4.79 Å². The number of fused-ring (bicyclic) bond motifs is 2. The number of rotatable bonds is 1. The largest absolute Gasteiger partial charge is 1.00 e. The number of aliphatic hydroxyl groups is 1. The Bertz CT molecular complexity index is 211. The van der Waals surface area contributed by atoms with Gasteiger partial charge in [0, 0.05) is 19.3 Å². The van der Waals surface area contributed by atoms with E-state index in [1.165, 1.54) is 0 Å². The smallest absolute Gasteiger partial charge is 0.368 e. The summed E-state index contributed by atoms with van der Waals surface area (Å²) < 4.78 is 0. The highest BCUT2D eigenvalue weighted by atomic mass is 35.5. The third-order valence-electron chi connectivity index (χ3n) is 2.98. The molecule has 0 aliphatic carbocycles. The second-order valence-electron chi connectivity index (χ2n) is 3.56. The second kappa shape index (κ2) is 2.87. The van der Waals surface area contributed by atoms with E-state index < -0.39 is 17.6 Å². The number of hydrogen-bond acceptors (Lipinski definition) is 2. The number of carboxylic acid groups (broad SMARTS) is 1. The zero-order valence-electron chi connectivity index (χ0n) is 6.53. The van der Waals surface area contributed by atoms with Crippen molar-refractivity contribution in [3.05, 3.63) is 0 Å². The summed E-state index contributed by atoms with van der Waals surface area (Å²) in [6, 6.07) is 0.348. The number of halogens is 1. The van der Waals surface area contributed by atoms with Gasteiger partial charge in [0.15, 0.2) is 0 Å². The summed E-state index contributed by atoms with van der Waals surface area (Å²) in [4.78, 5) is 10.8. The van der Waals surface area contributed by atoms with Crippen LogP contribution < -0.4 is 17.7 Å². The van der Waals surface area contributed by atoms with Crippen LogP contribution in [0.4, 0.5) is 0 Å². The molecule has 2 rings (SSSR count).